The lowest BCUT2D eigenvalue weighted by Gasteiger charge is -2.58. The molecule has 0 aliphatic heterocycles. The summed E-state index contributed by atoms with van der Waals surface area (Å²) in [5.41, 5.74) is 1.34. The van der Waals surface area contributed by atoms with Crippen LogP contribution in [0, 0.1) is 58.2 Å². The zero-order valence-electron chi connectivity index (χ0n) is 19.4. The van der Waals surface area contributed by atoms with Gasteiger partial charge in [0.2, 0.25) is 0 Å². The average molecular weight is 373 g/mol. The summed E-state index contributed by atoms with van der Waals surface area (Å²) in [6.07, 6.45) is 16.9. The molecular formula is C27H48. The summed E-state index contributed by atoms with van der Waals surface area (Å²) >= 11 is 0. The van der Waals surface area contributed by atoms with Gasteiger partial charge in [-0.25, -0.2) is 0 Å². The normalized spacial score (nSPS) is 50.8. The molecule has 0 nitrogen and oxygen atoms in total. The molecular weight excluding hydrogens is 324 g/mol. The lowest BCUT2D eigenvalue weighted by molar-refractivity contribution is -0.0846. The molecule has 0 aromatic rings. The lowest BCUT2D eigenvalue weighted by Crippen LogP contribution is -2.50. The van der Waals surface area contributed by atoms with Crippen LogP contribution in [0.15, 0.2) is 0 Å². The molecule has 4 saturated carbocycles. The molecule has 0 bridgehead atoms. The predicted octanol–water partition coefficient (Wildman–Crippen LogP) is 8.35. The Morgan fingerprint density at radius 2 is 1.56 bits per heavy atom. The second-order valence-electron chi connectivity index (χ2n) is 12.7. The van der Waals surface area contributed by atoms with Gasteiger partial charge in [-0.2, -0.15) is 0 Å². The first kappa shape index (κ1) is 20.3. The number of hydrogen-bond acceptors (Lipinski definition) is 0. The number of rotatable bonds is 4. The first-order valence-electron chi connectivity index (χ1n) is 12.8. The molecule has 27 heavy (non-hydrogen) atoms. The molecule has 0 spiro atoms. The minimum Gasteiger partial charge on any atom is -0.0651 e. The van der Waals surface area contributed by atoms with Crippen molar-refractivity contribution in [3.8, 4) is 0 Å². The van der Waals surface area contributed by atoms with Gasteiger partial charge in [-0.3, -0.25) is 0 Å². The highest BCUT2D eigenvalue weighted by Crippen LogP contribution is 2.66. The summed E-state index contributed by atoms with van der Waals surface area (Å²) in [5.74, 6) is 8.26. The van der Waals surface area contributed by atoms with Crippen LogP contribution in [0.5, 0.6) is 0 Å². The summed E-state index contributed by atoms with van der Waals surface area (Å²) in [7, 11) is 0. The zero-order chi connectivity index (χ0) is 19.4. The Bertz CT molecular complexity index is 520. The van der Waals surface area contributed by atoms with Crippen molar-refractivity contribution in [2.45, 2.75) is 112 Å². The molecule has 156 valence electrons. The van der Waals surface area contributed by atoms with Crippen molar-refractivity contribution in [2.24, 2.45) is 58.2 Å². The van der Waals surface area contributed by atoms with Crippen molar-refractivity contribution in [1.82, 2.24) is 0 Å². The van der Waals surface area contributed by atoms with Crippen LogP contribution in [0.25, 0.3) is 0 Å². The quantitative estimate of drug-likeness (QED) is 0.465. The van der Waals surface area contributed by atoms with Crippen LogP contribution >= 0.6 is 0 Å². The molecule has 0 amide bonds. The van der Waals surface area contributed by atoms with E-state index in [9.17, 15) is 0 Å². The fourth-order valence-electron chi connectivity index (χ4n) is 9.62. The van der Waals surface area contributed by atoms with Gasteiger partial charge in [0.05, 0.1) is 0 Å². The van der Waals surface area contributed by atoms with Crippen LogP contribution < -0.4 is 0 Å². The summed E-state index contributed by atoms with van der Waals surface area (Å²) < 4.78 is 0. The third-order valence-electron chi connectivity index (χ3n) is 10.7. The van der Waals surface area contributed by atoms with Gasteiger partial charge < -0.3 is 0 Å². The second-order valence-corrected chi connectivity index (χ2v) is 12.7. The van der Waals surface area contributed by atoms with E-state index < -0.39 is 0 Å². The van der Waals surface area contributed by atoms with Crippen molar-refractivity contribution in [2.75, 3.05) is 0 Å². The summed E-state index contributed by atoms with van der Waals surface area (Å²) in [5, 5.41) is 0. The predicted molar refractivity (Wildman–Crippen MR) is 118 cm³/mol. The van der Waals surface area contributed by atoms with Crippen LogP contribution in [0.4, 0.5) is 0 Å². The molecule has 0 saturated heterocycles. The van der Waals surface area contributed by atoms with E-state index >= 15 is 0 Å². The van der Waals surface area contributed by atoms with Gasteiger partial charge in [0.25, 0.3) is 0 Å². The standard InChI is InChI=1S/C27H48/c1-7-19(4)24-10-11-25-23-9-8-20-17-26(5,16-18(2)3)14-12-21(20)22(23)13-15-27(24,25)6/h18-25H,7-17H2,1-6H3/t19?,20?,21?,22-,23-,24?,25+,26-,27-/m1/s1. The number of fused-ring (bicyclic) bond motifs is 5. The number of hydrogen-bond donors (Lipinski definition) is 0. The molecule has 9 atom stereocenters. The van der Waals surface area contributed by atoms with Gasteiger partial charge in [-0.05, 0) is 122 Å². The highest BCUT2D eigenvalue weighted by atomic mass is 14.6. The fourth-order valence-corrected chi connectivity index (χ4v) is 9.62. The van der Waals surface area contributed by atoms with Crippen LogP contribution in [0.2, 0.25) is 0 Å². The Hall–Kier alpha value is 0. The maximum absolute atomic E-state index is 2.73. The molecule has 0 heterocycles. The van der Waals surface area contributed by atoms with Crippen molar-refractivity contribution < 1.29 is 0 Å². The minimum absolute atomic E-state index is 0.653. The molecule has 4 fully saturated rings. The molecule has 0 radical (unpaired) electrons. The van der Waals surface area contributed by atoms with E-state index in [0.29, 0.717) is 10.8 Å². The molecule has 4 unspecified atom stereocenters. The van der Waals surface area contributed by atoms with E-state index in [-0.39, 0.29) is 0 Å². The van der Waals surface area contributed by atoms with E-state index in [4.69, 9.17) is 0 Å². The van der Waals surface area contributed by atoms with Crippen LogP contribution in [0.3, 0.4) is 0 Å². The van der Waals surface area contributed by atoms with Crippen molar-refractivity contribution in [1.29, 1.82) is 0 Å². The van der Waals surface area contributed by atoms with Gasteiger partial charge >= 0.3 is 0 Å². The van der Waals surface area contributed by atoms with E-state index in [1.54, 1.807) is 51.4 Å². The summed E-state index contributed by atoms with van der Waals surface area (Å²) in [4.78, 5) is 0. The average Bonchev–Trinajstić information content (AvgIpc) is 2.96. The third-order valence-corrected chi connectivity index (χ3v) is 10.7. The first-order chi connectivity index (χ1) is 12.8. The molecule has 4 rings (SSSR count). The Labute approximate surface area is 170 Å². The molecule has 4 aliphatic carbocycles. The second kappa shape index (κ2) is 7.36. The highest BCUT2D eigenvalue weighted by Gasteiger charge is 2.57. The topological polar surface area (TPSA) is 0 Å². The first-order valence-corrected chi connectivity index (χ1v) is 12.8. The van der Waals surface area contributed by atoms with Crippen molar-refractivity contribution in [3.05, 3.63) is 0 Å². The van der Waals surface area contributed by atoms with Crippen molar-refractivity contribution >= 4 is 0 Å². The molecule has 0 aromatic carbocycles. The van der Waals surface area contributed by atoms with E-state index in [2.05, 4.69) is 41.5 Å². The Balaban J connectivity index is 1.48. The zero-order valence-corrected chi connectivity index (χ0v) is 19.4. The van der Waals surface area contributed by atoms with Crippen molar-refractivity contribution in [3.63, 3.8) is 0 Å². The lowest BCUT2D eigenvalue weighted by atomic mass is 9.47. The Morgan fingerprint density at radius 1 is 0.815 bits per heavy atom. The monoisotopic (exact) mass is 372 g/mol. The summed E-state index contributed by atoms with van der Waals surface area (Å²) in [6, 6.07) is 0. The molecule has 0 aromatic heterocycles. The minimum atomic E-state index is 0.653. The van der Waals surface area contributed by atoms with Gasteiger partial charge in [0.1, 0.15) is 0 Å². The Kier molecular flexibility index (Phi) is 5.53. The molecule has 0 N–H and O–H groups in total. The van der Waals surface area contributed by atoms with Gasteiger partial charge in [-0.1, -0.05) is 48.0 Å². The third kappa shape index (κ3) is 3.44. The Morgan fingerprint density at radius 3 is 2.26 bits per heavy atom. The van der Waals surface area contributed by atoms with Crippen LogP contribution in [-0.2, 0) is 0 Å². The maximum Gasteiger partial charge on any atom is -0.0264 e. The highest BCUT2D eigenvalue weighted by molar-refractivity contribution is 5.07. The van der Waals surface area contributed by atoms with E-state index in [1.807, 2.05) is 0 Å². The van der Waals surface area contributed by atoms with Gasteiger partial charge in [-0.15, -0.1) is 0 Å². The largest absolute Gasteiger partial charge is 0.0651 e. The SMILES string of the molecule is CCC(C)C1CC[C@H]2[C@@H]3CCC4C[C@@](C)(CC(C)C)CCC4[C@H]3CC[C@]12C. The van der Waals surface area contributed by atoms with E-state index in [1.165, 1.54) is 19.3 Å². The van der Waals surface area contributed by atoms with Crippen LogP contribution in [0.1, 0.15) is 112 Å². The van der Waals surface area contributed by atoms with E-state index in [0.717, 1.165) is 47.3 Å². The van der Waals surface area contributed by atoms with Gasteiger partial charge in [0.15, 0.2) is 0 Å². The van der Waals surface area contributed by atoms with Crippen LogP contribution in [-0.4, -0.2) is 0 Å². The smallest absolute Gasteiger partial charge is 0.0264 e. The maximum atomic E-state index is 2.73. The molecule has 0 heteroatoms. The molecule has 4 aliphatic rings. The summed E-state index contributed by atoms with van der Waals surface area (Å²) in [6.45, 7) is 15.2. The van der Waals surface area contributed by atoms with Gasteiger partial charge in [0, 0.05) is 0 Å². The fraction of sp³-hybridized carbons (Fsp3) is 1.00.